The molecule has 2 heteroatoms. The van der Waals surface area contributed by atoms with E-state index in [1.54, 1.807) is 0 Å². The minimum atomic E-state index is -0.373. The quantitative estimate of drug-likeness (QED) is 0.745. The predicted octanol–water partition coefficient (Wildman–Crippen LogP) is 3.13. The normalized spacial score (nSPS) is 18.0. The van der Waals surface area contributed by atoms with Gasteiger partial charge in [0.15, 0.2) is 5.78 Å². The van der Waals surface area contributed by atoms with E-state index >= 15 is 0 Å². The zero-order valence-electron chi connectivity index (χ0n) is 10.8. The molecule has 0 amide bonds. The van der Waals surface area contributed by atoms with Crippen molar-refractivity contribution >= 4 is 5.78 Å². The number of carbonyl (C=O) groups is 1. The fourth-order valence-corrected chi connectivity index (χ4v) is 2.54. The first-order chi connectivity index (χ1) is 8.12. The van der Waals surface area contributed by atoms with Gasteiger partial charge in [-0.2, -0.15) is 0 Å². The van der Waals surface area contributed by atoms with Gasteiger partial charge >= 0.3 is 0 Å². The predicted molar refractivity (Wildman–Crippen MR) is 70.3 cm³/mol. The maximum Gasteiger partial charge on any atom is 0.182 e. The second-order valence-electron chi connectivity index (χ2n) is 5.30. The van der Waals surface area contributed by atoms with Crippen LogP contribution in [0.2, 0.25) is 0 Å². The van der Waals surface area contributed by atoms with Crippen LogP contribution >= 0.6 is 0 Å². The molecule has 0 saturated carbocycles. The molecule has 0 N–H and O–H groups in total. The van der Waals surface area contributed by atoms with Crippen LogP contribution in [0.25, 0.3) is 0 Å². The second-order valence-corrected chi connectivity index (χ2v) is 5.30. The third kappa shape index (κ3) is 2.58. The fourth-order valence-electron chi connectivity index (χ4n) is 2.54. The third-order valence-corrected chi connectivity index (χ3v) is 3.74. The molecule has 2 nitrogen and oxygen atoms in total. The Bertz CT molecular complexity index is 377. The molecule has 0 aliphatic carbocycles. The fraction of sp³-hybridized carbons (Fsp3) is 0.533. The van der Waals surface area contributed by atoms with Crippen molar-refractivity contribution in [3.63, 3.8) is 0 Å². The molecule has 2 rings (SSSR count). The Hall–Kier alpha value is -1.15. The van der Waals surface area contributed by atoms with Crippen LogP contribution in [0.3, 0.4) is 0 Å². The van der Waals surface area contributed by atoms with Gasteiger partial charge in [-0.1, -0.05) is 36.8 Å². The number of nitrogens with zero attached hydrogens (tertiary/aromatic N) is 1. The van der Waals surface area contributed by atoms with Gasteiger partial charge in [0, 0.05) is 5.56 Å². The van der Waals surface area contributed by atoms with Gasteiger partial charge in [0.1, 0.15) is 0 Å². The SMILES string of the molecule is CC(C)(C(=O)c1ccccc1)N1CCCCC1. The monoisotopic (exact) mass is 231 g/mol. The van der Waals surface area contributed by atoms with Crippen molar-refractivity contribution in [2.45, 2.75) is 38.6 Å². The molecule has 1 aromatic carbocycles. The van der Waals surface area contributed by atoms with Crippen molar-refractivity contribution in [2.24, 2.45) is 0 Å². The van der Waals surface area contributed by atoms with E-state index in [-0.39, 0.29) is 11.3 Å². The Morgan fingerprint density at radius 2 is 1.65 bits per heavy atom. The summed E-state index contributed by atoms with van der Waals surface area (Å²) in [6.07, 6.45) is 3.73. The summed E-state index contributed by atoms with van der Waals surface area (Å²) in [5, 5.41) is 0. The molecular formula is C15H21NO. The van der Waals surface area contributed by atoms with E-state index in [0.717, 1.165) is 18.7 Å². The summed E-state index contributed by atoms with van der Waals surface area (Å²) in [5.41, 5.74) is 0.449. The summed E-state index contributed by atoms with van der Waals surface area (Å²) < 4.78 is 0. The van der Waals surface area contributed by atoms with E-state index < -0.39 is 0 Å². The molecular weight excluding hydrogens is 210 g/mol. The summed E-state index contributed by atoms with van der Waals surface area (Å²) in [5.74, 6) is 0.236. The molecule has 1 aliphatic heterocycles. The molecule has 1 heterocycles. The van der Waals surface area contributed by atoms with E-state index in [9.17, 15) is 4.79 Å². The first kappa shape index (κ1) is 12.3. The lowest BCUT2D eigenvalue weighted by molar-refractivity contribution is 0.0579. The molecule has 1 aliphatic rings. The molecule has 0 radical (unpaired) electrons. The first-order valence-corrected chi connectivity index (χ1v) is 6.47. The van der Waals surface area contributed by atoms with Crippen molar-refractivity contribution in [1.29, 1.82) is 0 Å². The maximum atomic E-state index is 12.5. The number of hydrogen-bond donors (Lipinski definition) is 0. The minimum Gasteiger partial charge on any atom is -0.292 e. The van der Waals surface area contributed by atoms with Gasteiger partial charge in [-0.3, -0.25) is 9.69 Å². The average molecular weight is 231 g/mol. The van der Waals surface area contributed by atoms with Crippen LogP contribution in [0.1, 0.15) is 43.5 Å². The van der Waals surface area contributed by atoms with E-state index in [4.69, 9.17) is 0 Å². The van der Waals surface area contributed by atoms with Gasteiger partial charge in [0.2, 0.25) is 0 Å². The zero-order valence-corrected chi connectivity index (χ0v) is 10.8. The summed E-state index contributed by atoms with van der Waals surface area (Å²) >= 11 is 0. The summed E-state index contributed by atoms with van der Waals surface area (Å²) in [7, 11) is 0. The highest BCUT2D eigenvalue weighted by Gasteiger charge is 2.35. The highest BCUT2D eigenvalue weighted by atomic mass is 16.1. The lowest BCUT2D eigenvalue weighted by Gasteiger charge is -2.39. The number of benzene rings is 1. The number of Topliss-reactive ketones (excluding diaryl/α,β-unsaturated/α-hetero) is 1. The topological polar surface area (TPSA) is 20.3 Å². The van der Waals surface area contributed by atoms with Crippen molar-refractivity contribution in [1.82, 2.24) is 4.90 Å². The number of hydrogen-bond acceptors (Lipinski definition) is 2. The van der Waals surface area contributed by atoms with Gasteiger partial charge in [0.25, 0.3) is 0 Å². The zero-order chi connectivity index (χ0) is 12.3. The Balaban J connectivity index is 2.17. The van der Waals surface area contributed by atoms with Crippen LogP contribution in [0, 0.1) is 0 Å². The number of ketones is 1. The smallest absolute Gasteiger partial charge is 0.182 e. The van der Waals surface area contributed by atoms with Gasteiger partial charge in [-0.25, -0.2) is 0 Å². The molecule has 92 valence electrons. The van der Waals surface area contributed by atoms with Crippen molar-refractivity contribution in [2.75, 3.05) is 13.1 Å². The molecule has 0 unspecified atom stereocenters. The lowest BCUT2D eigenvalue weighted by atomic mass is 9.89. The van der Waals surface area contributed by atoms with Crippen LogP contribution in [-0.2, 0) is 0 Å². The summed E-state index contributed by atoms with van der Waals surface area (Å²) in [4.78, 5) is 14.8. The molecule has 1 saturated heterocycles. The molecule has 17 heavy (non-hydrogen) atoms. The Morgan fingerprint density at radius 1 is 1.06 bits per heavy atom. The van der Waals surface area contributed by atoms with E-state index in [1.165, 1.54) is 19.3 Å². The van der Waals surface area contributed by atoms with Gasteiger partial charge < -0.3 is 0 Å². The van der Waals surface area contributed by atoms with E-state index in [1.807, 2.05) is 44.2 Å². The Kier molecular flexibility index (Phi) is 3.63. The summed E-state index contributed by atoms with van der Waals surface area (Å²) in [6.45, 7) is 6.19. The van der Waals surface area contributed by atoms with Crippen molar-refractivity contribution in [3.8, 4) is 0 Å². The van der Waals surface area contributed by atoms with Crippen LogP contribution in [0.15, 0.2) is 30.3 Å². The Morgan fingerprint density at radius 3 is 2.24 bits per heavy atom. The van der Waals surface area contributed by atoms with Crippen LogP contribution in [0.5, 0.6) is 0 Å². The standard InChI is InChI=1S/C15H21NO/c1-15(2,16-11-7-4-8-12-16)14(17)13-9-5-3-6-10-13/h3,5-6,9-10H,4,7-8,11-12H2,1-2H3. The minimum absolute atomic E-state index is 0.236. The van der Waals surface area contributed by atoms with Crippen LogP contribution in [-0.4, -0.2) is 29.3 Å². The second kappa shape index (κ2) is 5.01. The van der Waals surface area contributed by atoms with Gasteiger partial charge in [-0.15, -0.1) is 0 Å². The Labute approximate surface area is 104 Å². The van der Waals surface area contributed by atoms with Crippen molar-refractivity contribution < 1.29 is 4.79 Å². The molecule has 0 spiro atoms. The number of likely N-dealkylation sites (tertiary alicyclic amines) is 1. The number of rotatable bonds is 3. The van der Waals surface area contributed by atoms with Gasteiger partial charge in [-0.05, 0) is 39.8 Å². The van der Waals surface area contributed by atoms with Gasteiger partial charge in [0.05, 0.1) is 5.54 Å². The maximum absolute atomic E-state index is 12.5. The molecule has 1 aromatic rings. The van der Waals surface area contributed by atoms with Crippen molar-refractivity contribution in [3.05, 3.63) is 35.9 Å². The molecule has 0 atom stereocenters. The van der Waals surface area contributed by atoms with E-state index in [2.05, 4.69) is 4.90 Å². The van der Waals surface area contributed by atoms with Crippen LogP contribution < -0.4 is 0 Å². The molecule has 0 bridgehead atoms. The summed E-state index contributed by atoms with van der Waals surface area (Å²) in [6, 6.07) is 9.63. The highest BCUT2D eigenvalue weighted by molar-refractivity contribution is 6.02. The third-order valence-electron chi connectivity index (χ3n) is 3.74. The highest BCUT2D eigenvalue weighted by Crippen LogP contribution is 2.24. The largest absolute Gasteiger partial charge is 0.292 e. The molecule has 1 fully saturated rings. The van der Waals surface area contributed by atoms with E-state index in [0.29, 0.717) is 0 Å². The first-order valence-electron chi connectivity index (χ1n) is 6.47. The number of carbonyl (C=O) groups excluding carboxylic acids is 1. The van der Waals surface area contributed by atoms with Crippen LogP contribution in [0.4, 0.5) is 0 Å². The molecule has 0 aromatic heterocycles. The average Bonchev–Trinajstić information content (AvgIpc) is 2.40. The lowest BCUT2D eigenvalue weighted by Crippen LogP contribution is -2.52. The number of piperidine rings is 1.